The van der Waals surface area contributed by atoms with Crippen molar-refractivity contribution >= 4 is 11.8 Å². The van der Waals surface area contributed by atoms with Crippen LogP contribution in [0.1, 0.15) is 119 Å². The van der Waals surface area contributed by atoms with Crippen LogP contribution in [0.4, 0.5) is 0 Å². The highest BCUT2D eigenvalue weighted by Gasteiger charge is 2.45. The van der Waals surface area contributed by atoms with Crippen LogP contribution >= 0.6 is 0 Å². The van der Waals surface area contributed by atoms with E-state index in [4.69, 9.17) is 0 Å². The van der Waals surface area contributed by atoms with E-state index < -0.39 is 11.1 Å². The van der Waals surface area contributed by atoms with Crippen molar-refractivity contribution in [3.8, 4) is 0 Å². The third kappa shape index (κ3) is 11.5. The van der Waals surface area contributed by atoms with Crippen LogP contribution in [-0.4, -0.2) is 45.2 Å². The standard InChI is InChI=1S/C27H51N3O3/c1-8-9-10-11-12-13-16-24(31)28-22(18-21(2)3)15-14-17-25(32)29-23-19-26(4,5)30(33)27(6,7)20-23/h14-15,21-23,33H,8-13,16-20H2,1-7H3,(H,28,31)(H,29,32)/b15-14+/t22-/m1/s1. The second-order valence-corrected chi connectivity index (χ2v) is 11.6. The number of rotatable bonds is 14. The molecule has 2 amide bonds. The van der Waals surface area contributed by atoms with Crippen molar-refractivity contribution in [2.75, 3.05) is 0 Å². The van der Waals surface area contributed by atoms with Crippen molar-refractivity contribution in [1.82, 2.24) is 15.7 Å². The highest BCUT2D eigenvalue weighted by atomic mass is 16.5. The zero-order valence-electron chi connectivity index (χ0n) is 22.4. The molecule has 1 fully saturated rings. The first-order valence-corrected chi connectivity index (χ1v) is 13.1. The van der Waals surface area contributed by atoms with Crippen LogP contribution in [0.25, 0.3) is 0 Å². The molecule has 1 aliphatic heterocycles. The molecule has 0 bridgehead atoms. The molecule has 33 heavy (non-hydrogen) atoms. The van der Waals surface area contributed by atoms with Crippen LogP contribution in [0.5, 0.6) is 0 Å². The summed E-state index contributed by atoms with van der Waals surface area (Å²) in [5, 5.41) is 18.1. The first-order valence-electron chi connectivity index (χ1n) is 13.1. The first-order chi connectivity index (χ1) is 15.4. The maximum atomic E-state index is 12.6. The van der Waals surface area contributed by atoms with Crippen molar-refractivity contribution in [3.05, 3.63) is 12.2 Å². The summed E-state index contributed by atoms with van der Waals surface area (Å²) >= 11 is 0. The lowest BCUT2D eigenvalue weighted by atomic mass is 9.79. The Morgan fingerprint density at radius 3 is 2.15 bits per heavy atom. The minimum atomic E-state index is -0.391. The maximum absolute atomic E-state index is 12.6. The molecule has 3 N–H and O–H groups in total. The predicted molar refractivity (Wildman–Crippen MR) is 136 cm³/mol. The lowest BCUT2D eigenvalue weighted by Gasteiger charge is -2.51. The van der Waals surface area contributed by atoms with E-state index >= 15 is 0 Å². The van der Waals surface area contributed by atoms with Crippen LogP contribution in [0, 0.1) is 5.92 Å². The Hall–Kier alpha value is -1.40. The molecular weight excluding hydrogens is 414 g/mol. The second kappa shape index (κ2) is 14.1. The largest absolute Gasteiger partial charge is 0.353 e. The fourth-order valence-electron chi connectivity index (χ4n) is 5.04. The van der Waals surface area contributed by atoms with E-state index in [0.717, 1.165) is 19.3 Å². The summed E-state index contributed by atoms with van der Waals surface area (Å²) in [4.78, 5) is 24.9. The van der Waals surface area contributed by atoms with E-state index in [1.807, 2.05) is 39.8 Å². The first kappa shape index (κ1) is 29.6. The van der Waals surface area contributed by atoms with Crippen LogP contribution in [0.3, 0.4) is 0 Å². The summed E-state index contributed by atoms with van der Waals surface area (Å²) < 4.78 is 0. The summed E-state index contributed by atoms with van der Waals surface area (Å²) in [6.07, 6.45) is 14.0. The van der Waals surface area contributed by atoms with Gasteiger partial charge in [0.15, 0.2) is 0 Å². The molecule has 6 nitrogen and oxygen atoms in total. The molecule has 0 aliphatic carbocycles. The number of hydrogen-bond donors (Lipinski definition) is 3. The summed E-state index contributed by atoms with van der Waals surface area (Å²) in [6, 6.07) is -0.0105. The average Bonchev–Trinajstić information content (AvgIpc) is 2.67. The molecule has 192 valence electrons. The number of hydroxylamine groups is 2. The van der Waals surface area contributed by atoms with Gasteiger partial charge in [-0.1, -0.05) is 65.0 Å². The number of hydrogen-bond acceptors (Lipinski definition) is 4. The molecule has 0 unspecified atom stereocenters. The number of nitrogens with zero attached hydrogens (tertiary/aromatic N) is 1. The van der Waals surface area contributed by atoms with Gasteiger partial charge < -0.3 is 15.8 Å². The third-order valence-electron chi connectivity index (χ3n) is 6.50. The Kier molecular flexibility index (Phi) is 12.7. The molecule has 1 aliphatic rings. The van der Waals surface area contributed by atoms with E-state index in [1.54, 1.807) is 0 Å². The van der Waals surface area contributed by atoms with Gasteiger partial charge in [0.1, 0.15) is 0 Å². The molecule has 6 heteroatoms. The van der Waals surface area contributed by atoms with Crippen molar-refractivity contribution in [3.63, 3.8) is 0 Å². The van der Waals surface area contributed by atoms with Crippen LogP contribution < -0.4 is 10.6 Å². The van der Waals surface area contributed by atoms with E-state index in [-0.39, 0.29) is 23.9 Å². The van der Waals surface area contributed by atoms with Gasteiger partial charge in [-0.3, -0.25) is 9.59 Å². The summed E-state index contributed by atoms with van der Waals surface area (Å²) in [7, 11) is 0. The minimum Gasteiger partial charge on any atom is -0.353 e. The molecule has 0 aromatic rings. The van der Waals surface area contributed by atoms with E-state index in [1.165, 1.54) is 30.7 Å². The van der Waals surface area contributed by atoms with Gasteiger partial charge in [-0.05, 0) is 59.3 Å². The fraction of sp³-hybridized carbons (Fsp3) is 0.852. The molecule has 1 heterocycles. The molecule has 0 spiro atoms. The normalized spacial score (nSPS) is 19.7. The maximum Gasteiger partial charge on any atom is 0.224 e. The quantitative estimate of drug-likeness (QED) is 0.226. The summed E-state index contributed by atoms with van der Waals surface area (Å²) in [6.45, 7) is 14.5. The molecule has 1 atom stereocenters. The predicted octanol–water partition coefficient (Wildman–Crippen LogP) is 5.74. The van der Waals surface area contributed by atoms with Crippen molar-refractivity contribution in [1.29, 1.82) is 0 Å². The lowest BCUT2D eigenvalue weighted by Crippen LogP contribution is -2.62. The highest BCUT2D eigenvalue weighted by molar-refractivity contribution is 5.78. The van der Waals surface area contributed by atoms with Gasteiger partial charge in [0.25, 0.3) is 0 Å². The third-order valence-corrected chi connectivity index (χ3v) is 6.50. The fourth-order valence-corrected chi connectivity index (χ4v) is 5.04. The Morgan fingerprint density at radius 1 is 1.00 bits per heavy atom. The number of piperidine rings is 1. The van der Waals surface area contributed by atoms with Gasteiger partial charge in [0.2, 0.25) is 11.8 Å². The van der Waals surface area contributed by atoms with E-state index in [2.05, 4.69) is 31.4 Å². The van der Waals surface area contributed by atoms with Gasteiger partial charge in [0, 0.05) is 36.0 Å². The number of nitrogens with one attached hydrogen (secondary N) is 2. The Morgan fingerprint density at radius 2 is 1.58 bits per heavy atom. The van der Waals surface area contributed by atoms with Crippen LogP contribution in [-0.2, 0) is 9.59 Å². The average molecular weight is 466 g/mol. The van der Waals surface area contributed by atoms with Gasteiger partial charge >= 0.3 is 0 Å². The van der Waals surface area contributed by atoms with Crippen molar-refractivity contribution in [2.24, 2.45) is 5.92 Å². The Labute approximate surface area is 202 Å². The zero-order chi connectivity index (χ0) is 25.1. The van der Waals surface area contributed by atoms with Gasteiger partial charge in [-0.2, -0.15) is 5.06 Å². The van der Waals surface area contributed by atoms with Crippen molar-refractivity contribution in [2.45, 2.75) is 142 Å². The number of carbonyl (C=O) groups excluding carboxylic acids is 2. The molecule has 1 rings (SSSR count). The molecule has 0 aromatic carbocycles. The Balaban J connectivity index is 2.49. The van der Waals surface area contributed by atoms with Gasteiger partial charge in [-0.15, -0.1) is 0 Å². The number of unbranched alkanes of at least 4 members (excludes halogenated alkanes) is 5. The molecule has 0 radical (unpaired) electrons. The number of amides is 2. The van der Waals surface area contributed by atoms with Crippen LogP contribution in [0.15, 0.2) is 12.2 Å². The molecule has 0 saturated carbocycles. The summed E-state index contributed by atoms with van der Waals surface area (Å²) in [5.41, 5.74) is -0.781. The monoisotopic (exact) mass is 465 g/mol. The molecule has 0 aromatic heterocycles. The second-order valence-electron chi connectivity index (χ2n) is 11.6. The topological polar surface area (TPSA) is 81.7 Å². The zero-order valence-corrected chi connectivity index (χ0v) is 22.4. The Bertz CT molecular complexity index is 610. The minimum absolute atomic E-state index is 0.0176. The van der Waals surface area contributed by atoms with Gasteiger partial charge in [-0.25, -0.2) is 0 Å². The molecular formula is C27H51N3O3. The van der Waals surface area contributed by atoms with Gasteiger partial charge in [0.05, 0.1) is 0 Å². The number of carbonyl (C=O) groups is 2. The smallest absolute Gasteiger partial charge is 0.224 e. The summed E-state index contributed by atoms with van der Waals surface area (Å²) in [5.74, 6) is 0.539. The lowest BCUT2D eigenvalue weighted by molar-refractivity contribution is -0.246. The highest BCUT2D eigenvalue weighted by Crippen LogP contribution is 2.36. The van der Waals surface area contributed by atoms with Crippen LogP contribution in [0.2, 0.25) is 0 Å². The van der Waals surface area contributed by atoms with Crippen molar-refractivity contribution < 1.29 is 14.8 Å². The SMILES string of the molecule is CCCCCCCCC(=O)N[C@H](/C=C/CC(=O)NC1CC(C)(C)N(O)C(C)(C)C1)CC(C)C. The van der Waals surface area contributed by atoms with E-state index in [9.17, 15) is 14.8 Å². The molecule has 1 saturated heterocycles. The van der Waals surface area contributed by atoms with E-state index in [0.29, 0.717) is 31.6 Å².